The standard InChI is InChI=1S/C21H30ClNO2S.ClH/c22-18-10-8-17(9-11-18)16-26-20-7-3-2-6-19(20)25-21(24)12-15-23-13-4-1-5-14-23;/h8-11,19-20H,1-7,12-16H2;1H. The first kappa shape index (κ1) is 22.9. The van der Waals surface area contributed by atoms with Crippen LogP contribution in [0, 0.1) is 0 Å². The van der Waals surface area contributed by atoms with E-state index in [9.17, 15) is 4.79 Å². The molecule has 1 aromatic carbocycles. The van der Waals surface area contributed by atoms with E-state index in [0.717, 1.165) is 43.3 Å². The quantitative estimate of drug-likeness (QED) is 0.515. The zero-order valence-corrected chi connectivity index (χ0v) is 18.3. The fraction of sp³-hybridized carbons (Fsp3) is 0.667. The van der Waals surface area contributed by atoms with Gasteiger partial charge in [0.25, 0.3) is 0 Å². The molecule has 2 unspecified atom stereocenters. The van der Waals surface area contributed by atoms with Crippen molar-refractivity contribution < 1.29 is 9.53 Å². The summed E-state index contributed by atoms with van der Waals surface area (Å²) in [6.07, 6.45) is 9.02. The van der Waals surface area contributed by atoms with Gasteiger partial charge in [0.2, 0.25) is 0 Å². The van der Waals surface area contributed by atoms with Gasteiger partial charge in [0.15, 0.2) is 0 Å². The van der Waals surface area contributed by atoms with E-state index in [2.05, 4.69) is 17.0 Å². The molecule has 2 aliphatic rings. The number of carbonyl (C=O) groups excluding carboxylic acids is 1. The van der Waals surface area contributed by atoms with E-state index >= 15 is 0 Å². The predicted octanol–water partition coefficient (Wildman–Crippen LogP) is 5.73. The summed E-state index contributed by atoms with van der Waals surface area (Å²) in [7, 11) is 0. The molecule has 1 aromatic rings. The molecule has 1 heterocycles. The Balaban J connectivity index is 0.00000261. The lowest BCUT2D eigenvalue weighted by molar-refractivity contribution is -0.150. The van der Waals surface area contributed by atoms with Gasteiger partial charge in [-0.2, -0.15) is 0 Å². The van der Waals surface area contributed by atoms with E-state index in [1.165, 1.54) is 37.7 Å². The highest BCUT2D eigenvalue weighted by Gasteiger charge is 2.28. The molecule has 1 saturated heterocycles. The molecule has 0 N–H and O–H groups in total. The molecule has 0 spiro atoms. The Hall–Kier alpha value is -0.420. The lowest BCUT2D eigenvalue weighted by Crippen LogP contribution is -2.35. The molecule has 27 heavy (non-hydrogen) atoms. The zero-order valence-electron chi connectivity index (χ0n) is 15.9. The highest BCUT2D eigenvalue weighted by molar-refractivity contribution is 7.99. The lowest BCUT2D eigenvalue weighted by Gasteiger charge is -2.31. The summed E-state index contributed by atoms with van der Waals surface area (Å²) in [5, 5.41) is 1.19. The third kappa shape index (κ3) is 7.84. The van der Waals surface area contributed by atoms with Gasteiger partial charge in [0.05, 0.1) is 6.42 Å². The summed E-state index contributed by atoms with van der Waals surface area (Å²) in [6.45, 7) is 3.13. The number of piperidine rings is 1. The van der Waals surface area contributed by atoms with Gasteiger partial charge in [-0.05, 0) is 62.9 Å². The van der Waals surface area contributed by atoms with E-state index in [-0.39, 0.29) is 24.5 Å². The Morgan fingerprint density at radius 3 is 2.52 bits per heavy atom. The summed E-state index contributed by atoms with van der Waals surface area (Å²) >= 11 is 7.88. The predicted molar refractivity (Wildman–Crippen MR) is 117 cm³/mol. The highest BCUT2D eigenvalue weighted by Crippen LogP contribution is 2.33. The lowest BCUT2D eigenvalue weighted by atomic mass is 9.97. The average molecular weight is 432 g/mol. The maximum atomic E-state index is 12.3. The minimum Gasteiger partial charge on any atom is -0.461 e. The van der Waals surface area contributed by atoms with Crippen molar-refractivity contribution in [1.82, 2.24) is 4.90 Å². The summed E-state index contributed by atoms with van der Waals surface area (Å²) < 4.78 is 5.90. The monoisotopic (exact) mass is 431 g/mol. The number of nitrogens with zero attached hydrogens (tertiary/aromatic N) is 1. The molecule has 0 aromatic heterocycles. The number of halogens is 2. The van der Waals surface area contributed by atoms with Crippen LogP contribution < -0.4 is 0 Å². The van der Waals surface area contributed by atoms with Crippen LogP contribution in [0.1, 0.15) is 56.9 Å². The fourth-order valence-electron chi connectivity index (χ4n) is 3.83. The van der Waals surface area contributed by atoms with Gasteiger partial charge in [0.1, 0.15) is 6.10 Å². The number of carbonyl (C=O) groups is 1. The van der Waals surface area contributed by atoms with Crippen molar-refractivity contribution in [1.29, 1.82) is 0 Å². The van der Waals surface area contributed by atoms with Gasteiger partial charge >= 0.3 is 5.97 Å². The van der Waals surface area contributed by atoms with Crippen LogP contribution in [0.5, 0.6) is 0 Å². The van der Waals surface area contributed by atoms with Crippen molar-refractivity contribution >= 4 is 41.7 Å². The van der Waals surface area contributed by atoms with Crippen LogP contribution in [0.15, 0.2) is 24.3 Å². The molecule has 0 radical (unpaired) electrons. The van der Waals surface area contributed by atoms with Crippen molar-refractivity contribution in [2.75, 3.05) is 19.6 Å². The van der Waals surface area contributed by atoms with Gasteiger partial charge in [-0.15, -0.1) is 24.2 Å². The molecular formula is C21H31Cl2NO2S. The third-order valence-electron chi connectivity index (χ3n) is 5.38. The number of likely N-dealkylation sites (tertiary alicyclic amines) is 1. The van der Waals surface area contributed by atoms with Crippen molar-refractivity contribution in [2.24, 2.45) is 0 Å². The highest BCUT2D eigenvalue weighted by atomic mass is 35.5. The molecule has 2 fully saturated rings. The van der Waals surface area contributed by atoms with Crippen molar-refractivity contribution in [3.05, 3.63) is 34.9 Å². The number of rotatable bonds is 7. The third-order valence-corrected chi connectivity index (χ3v) is 7.10. The van der Waals surface area contributed by atoms with E-state index in [0.29, 0.717) is 11.7 Å². The Morgan fingerprint density at radius 2 is 1.78 bits per heavy atom. The second-order valence-corrected chi connectivity index (χ2v) is 9.10. The molecule has 6 heteroatoms. The first-order valence-electron chi connectivity index (χ1n) is 9.98. The number of hydrogen-bond donors (Lipinski definition) is 0. The molecular weight excluding hydrogens is 401 g/mol. The molecule has 1 aliphatic carbocycles. The number of thioether (sulfide) groups is 1. The van der Waals surface area contributed by atoms with Gasteiger partial charge in [-0.25, -0.2) is 0 Å². The molecule has 1 saturated carbocycles. The summed E-state index contributed by atoms with van der Waals surface area (Å²) in [6, 6.07) is 8.04. The van der Waals surface area contributed by atoms with Crippen LogP contribution in [0.2, 0.25) is 5.02 Å². The van der Waals surface area contributed by atoms with Crippen LogP contribution in [-0.4, -0.2) is 41.9 Å². The van der Waals surface area contributed by atoms with Crippen molar-refractivity contribution in [3.8, 4) is 0 Å². The summed E-state index contributed by atoms with van der Waals surface area (Å²) in [5.41, 5.74) is 1.28. The van der Waals surface area contributed by atoms with Crippen LogP contribution in [0.25, 0.3) is 0 Å². The maximum Gasteiger partial charge on any atom is 0.307 e. The Labute approximate surface area is 179 Å². The Morgan fingerprint density at radius 1 is 1.07 bits per heavy atom. The molecule has 0 bridgehead atoms. The van der Waals surface area contributed by atoms with Crippen molar-refractivity contribution in [2.45, 2.75) is 68.5 Å². The molecule has 2 atom stereocenters. The molecule has 3 rings (SSSR count). The first-order valence-corrected chi connectivity index (χ1v) is 11.4. The fourth-order valence-corrected chi connectivity index (χ4v) is 5.30. The van der Waals surface area contributed by atoms with Crippen LogP contribution in [-0.2, 0) is 15.3 Å². The normalized spacial score (nSPS) is 23.4. The van der Waals surface area contributed by atoms with E-state index in [1.54, 1.807) is 0 Å². The minimum atomic E-state index is -0.0143. The van der Waals surface area contributed by atoms with E-state index < -0.39 is 0 Å². The molecule has 0 amide bonds. The van der Waals surface area contributed by atoms with Crippen LogP contribution >= 0.6 is 35.8 Å². The molecule has 3 nitrogen and oxygen atoms in total. The maximum absolute atomic E-state index is 12.3. The van der Waals surface area contributed by atoms with Crippen molar-refractivity contribution in [3.63, 3.8) is 0 Å². The van der Waals surface area contributed by atoms with E-state index in [4.69, 9.17) is 16.3 Å². The minimum absolute atomic E-state index is 0. The van der Waals surface area contributed by atoms with E-state index in [1.807, 2.05) is 23.9 Å². The first-order chi connectivity index (χ1) is 12.7. The second kappa shape index (κ2) is 12.2. The van der Waals surface area contributed by atoms with Crippen LogP contribution in [0.4, 0.5) is 0 Å². The Kier molecular flexibility index (Phi) is 10.3. The second-order valence-electron chi connectivity index (χ2n) is 7.44. The Bertz CT molecular complexity index is 564. The zero-order chi connectivity index (χ0) is 18.2. The van der Waals surface area contributed by atoms with Gasteiger partial charge in [-0.1, -0.05) is 36.6 Å². The number of benzene rings is 1. The molecule has 152 valence electrons. The number of hydrogen-bond acceptors (Lipinski definition) is 4. The largest absolute Gasteiger partial charge is 0.461 e. The summed E-state index contributed by atoms with van der Waals surface area (Å²) in [5.74, 6) is 0.934. The van der Waals surface area contributed by atoms with Gasteiger partial charge in [0, 0.05) is 22.6 Å². The summed E-state index contributed by atoms with van der Waals surface area (Å²) in [4.78, 5) is 14.7. The number of ether oxygens (including phenoxy) is 1. The van der Waals surface area contributed by atoms with Gasteiger partial charge < -0.3 is 9.64 Å². The average Bonchev–Trinajstić information content (AvgIpc) is 2.68. The SMILES string of the molecule is Cl.O=C(CCN1CCCCC1)OC1CCCCC1SCc1ccc(Cl)cc1. The topological polar surface area (TPSA) is 29.5 Å². The number of esters is 1. The van der Waals surface area contributed by atoms with Gasteiger partial charge in [-0.3, -0.25) is 4.79 Å². The van der Waals surface area contributed by atoms with Crippen LogP contribution in [0.3, 0.4) is 0 Å². The smallest absolute Gasteiger partial charge is 0.307 e. The molecule has 1 aliphatic heterocycles.